The highest BCUT2D eigenvalue weighted by molar-refractivity contribution is 9.10. The van der Waals surface area contributed by atoms with Crippen molar-refractivity contribution in [3.05, 3.63) is 28.2 Å². The van der Waals surface area contributed by atoms with Gasteiger partial charge in [-0.15, -0.1) is 0 Å². The van der Waals surface area contributed by atoms with Crippen molar-refractivity contribution in [3.63, 3.8) is 0 Å². The molecule has 1 aromatic carbocycles. The average molecular weight is 286 g/mol. The van der Waals surface area contributed by atoms with Crippen molar-refractivity contribution in [2.75, 3.05) is 5.32 Å². The Morgan fingerprint density at radius 1 is 1.31 bits per heavy atom. The van der Waals surface area contributed by atoms with E-state index in [9.17, 15) is 4.79 Å². The molecule has 0 bridgehead atoms. The second-order valence-electron chi connectivity index (χ2n) is 4.21. The van der Waals surface area contributed by atoms with E-state index in [1.54, 1.807) is 12.1 Å². The number of carboxylic acid groups (broad SMARTS) is 1. The normalized spacial score (nSPS) is 12.6. The van der Waals surface area contributed by atoms with E-state index in [0.29, 0.717) is 12.0 Å². The van der Waals surface area contributed by atoms with Crippen LogP contribution in [0.2, 0.25) is 0 Å². The van der Waals surface area contributed by atoms with Gasteiger partial charge in [-0.3, -0.25) is 0 Å². The molecule has 0 aliphatic heterocycles. The summed E-state index contributed by atoms with van der Waals surface area (Å²) >= 11 is 3.30. The number of halogens is 1. The van der Waals surface area contributed by atoms with Crippen molar-refractivity contribution in [2.45, 2.75) is 26.8 Å². The van der Waals surface area contributed by atoms with Crippen LogP contribution in [0.3, 0.4) is 0 Å². The van der Waals surface area contributed by atoms with Crippen LogP contribution < -0.4 is 5.32 Å². The van der Waals surface area contributed by atoms with Gasteiger partial charge in [0.05, 0.1) is 5.56 Å². The molecule has 0 spiro atoms. The first-order valence-corrected chi connectivity index (χ1v) is 6.00. The fourth-order valence-electron chi connectivity index (χ4n) is 1.23. The van der Waals surface area contributed by atoms with Crippen LogP contribution in [-0.4, -0.2) is 17.1 Å². The summed E-state index contributed by atoms with van der Waals surface area (Å²) < 4.78 is 0.769. The molecule has 16 heavy (non-hydrogen) atoms. The van der Waals surface area contributed by atoms with Gasteiger partial charge in [0, 0.05) is 16.2 Å². The first-order valence-electron chi connectivity index (χ1n) is 5.20. The number of hydrogen-bond donors (Lipinski definition) is 2. The largest absolute Gasteiger partial charge is 0.478 e. The van der Waals surface area contributed by atoms with Crippen LogP contribution in [0.5, 0.6) is 0 Å². The zero-order valence-electron chi connectivity index (χ0n) is 9.62. The predicted octanol–water partition coefficient (Wildman–Crippen LogP) is 3.60. The molecule has 0 radical (unpaired) electrons. The molecular weight excluding hydrogens is 270 g/mol. The van der Waals surface area contributed by atoms with E-state index in [1.165, 1.54) is 0 Å². The summed E-state index contributed by atoms with van der Waals surface area (Å²) in [6.45, 7) is 6.31. The van der Waals surface area contributed by atoms with E-state index in [2.05, 4.69) is 42.0 Å². The molecule has 1 unspecified atom stereocenters. The summed E-state index contributed by atoms with van der Waals surface area (Å²) in [5.74, 6) is -0.422. The van der Waals surface area contributed by atoms with Crippen LogP contribution in [0.25, 0.3) is 0 Å². The Morgan fingerprint density at radius 3 is 2.44 bits per heavy atom. The Bertz CT molecular complexity index is 391. The van der Waals surface area contributed by atoms with Crippen LogP contribution in [0.1, 0.15) is 31.1 Å². The highest BCUT2D eigenvalue weighted by atomic mass is 79.9. The number of anilines is 1. The van der Waals surface area contributed by atoms with Crippen molar-refractivity contribution in [2.24, 2.45) is 5.92 Å². The standard InChI is InChI=1S/C12H16BrNO2/c1-7(2)8(3)14-11-5-9(12(15)16)4-10(13)6-11/h4-8,14H,1-3H3,(H,15,16). The Morgan fingerprint density at radius 2 is 1.94 bits per heavy atom. The highest BCUT2D eigenvalue weighted by Crippen LogP contribution is 2.21. The van der Waals surface area contributed by atoms with Gasteiger partial charge in [-0.1, -0.05) is 29.8 Å². The van der Waals surface area contributed by atoms with Crippen molar-refractivity contribution in [1.82, 2.24) is 0 Å². The average Bonchev–Trinajstić information content (AvgIpc) is 2.16. The lowest BCUT2D eigenvalue weighted by Gasteiger charge is -2.19. The minimum absolute atomic E-state index is 0.285. The molecule has 1 aromatic rings. The Kier molecular flexibility index (Phi) is 4.35. The summed E-state index contributed by atoms with van der Waals surface area (Å²) in [6.07, 6.45) is 0. The zero-order chi connectivity index (χ0) is 12.3. The Balaban J connectivity index is 2.92. The maximum absolute atomic E-state index is 10.9. The van der Waals surface area contributed by atoms with Gasteiger partial charge in [-0.2, -0.15) is 0 Å². The molecule has 0 aromatic heterocycles. The smallest absolute Gasteiger partial charge is 0.335 e. The molecule has 1 atom stereocenters. The van der Waals surface area contributed by atoms with E-state index in [0.717, 1.165) is 10.2 Å². The van der Waals surface area contributed by atoms with Crippen molar-refractivity contribution < 1.29 is 9.90 Å². The van der Waals surface area contributed by atoms with E-state index in [4.69, 9.17) is 5.11 Å². The molecule has 88 valence electrons. The molecule has 0 heterocycles. The van der Waals surface area contributed by atoms with Gasteiger partial charge in [0.25, 0.3) is 0 Å². The number of nitrogens with one attached hydrogen (secondary N) is 1. The zero-order valence-corrected chi connectivity index (χ0v) is 11.2. The lowest BCUT2D eigenvalue weighted by atomic mass is 10.1. The molecule has 2 N–H and O–H groups in total. The number of carboxylic acids is 1. The number of benzene rings is 1. The molecule has 0 saturated carbocycles. The van der Waals surface area contributed by atoms with Gasteiger partial charge < -0.3 is 10.4 Å². The molecular formula is C12H16BrNO2. The van der Waals surface area contributed by atoms with Gasteiger partial charge >= 0.3 is 5.97 Å². The maximum atomic E-state index is 10.9. The van der Waals surface area contributed by atoms with Crippen molar-refractivity contribution >= 4 is 27.6 Å². The monoisotopic (exact) mass is 285 g/mol. The van der Waals surface area contributed by atoms with E-state index < -0.39 is 5.97 Å². The molecule has 4 heteroatoms. The van der Waals surface area contributed by atoms with Gasteiger partial charge in [-0.25, -0.2) is 4.79 Å². The summed E-state index contributed by atoms with van der Waals surface area (Å²) in [5.41, 5.74) is 1.11. The first-order chi connectivity index (χ1) is 7.40. The Hall–Kier alpha value is -1.03. The quantitative estimate of drug-likeness (QED) is 0.889. The topological polar surface area (TPSA) is 49.3 Å². The molecule has 0 amide bonds. The van der Waals surface area contributed by atoms with E-state index >= 15 is 0 Å². The minimum atomic E-state index is -0.915. The summed E-state index contributed by atoms with van der Waals surface area (Å²) in [7, 11) is 0. The van der Waals surface area contributed by atoms with Crippen LogP contribution in [0.4, 0.5) is 5.69 Å². The summed E-state index contributed by atoms with van der Waals surface area (Å²) in [6, 6.07) is 5.42. The third kappa shape index (κ3) is 3.52. The fourth-order valence-corrected chi connectivity index (χ4v) is 1.72. The Labute approximate surface area is 104 Å². The second-order valence-corrected chi connectivity index (χ2v) is 5.13. The number of carbonyl (C=O) groups is 1. The summed E-state index contributed by atoms with van der Waals surface area (Å²) in [4.78, 5) is 10.9. The molecule has 1 rings (SSSR count). The molecule has 0 fully saturated rings. The number of rotatable bonds is 4. The molecule has 0 aliphatic carbocycles. The van der Waals surface area contributed by atoms with Crippen LogP contribution in [-0.2, 0) is 0 Å². The fraction of sp³-hybridized carbons (Fsp3) is 0.417. The van der Waals surface area contributed by atoms with Crippen LogP contribution >= 0.6 is 15.9 Å². The second kappa shape index (κ2) is 5.34. The maximum Gasteiger partial charge on any atom is 0.335 e. The number of hydrogen-bond acceptors (Lipinski definition) is 2. The van der Waals surface area contributed by atoms with Gasteiger partial charge in [0.15, 0.2) is 0 Å². The first kappa shape index (κ1) is 13.0. The molecule has 0 saturated heterocycles. The van der Waals surface area contributed by atoms with Crippen LogP contribution in [0, 0.1) is 5.92 Å². The van der Waals surface area contributed by atoms with E-state index in [-0.39, 0.29) is 5.56 Å². The number of aromatic carboxylic acids is 1. The highest BCUT2D eigenvalue weighted by Gasteiger charge is 2.10. The molecule has 3 nitrogen and oxygen atoms in total. The lowest BCUT2D eigenvalue weighted by molar-refractivity contribution is 0.0697. The minimum Gasteiger partial charge on any atom is -0.478 e. The van der Waals surface area contributed by atoms with Crippen molar-refractivity contribution in [1.29, 1.82) is 0 Å². The third-order valence-electron chi connectivity index (χ3n) is 2.54. The van der Waals surface area contributed by atoms with Gasteiger partial charge in [0.2, 0.25) is 0 Å². The lowest BCUT2D eigenvalue weighted by Crippen LogP contribution is -2.21. The van der Waals surface area contributed by atoms with Crippen LogP contribution in [0.15, 0.2) is 22.7 Å². The van der Waals surface area contributed by atoms with Gasteiger partial charge in [-0.05, 0) is 31.0 Å². The van der Waals surface area contributed by atoms with Gasteiger partial charge in [0.1, 0.15) is 0 Å². The predicted molar refractivity (Wildman–Crippen MR) is 69.0 cm³/mol. The SMILES string of the molecule is CC(C)C(C)Nc1cc(Br)cc(C(=O)O)c1. The third-order valence-corrected chi connectivity index (χ3v) is 3.00. The molecule has 0 aliphatic rings. The van der Waals surface area contributed by atoms with Crippen molar-refractivity contribution in [3.8, 4) is 0 Å². The van der Waals surface area contributed by atoms with E-state index in [1.807, 2.05) is 6.07 Å². The summed E-state index contributed by atoms with van der Waals surface area (Å²) in [5, 5.41) is 12.2.